The van der Waals surface area contributed by atoms with Gasteiger partial charge in [0.2, 0.25) is 17.7 Å². The molecule has 1 aliphatic heterocycles. The van der Waals surface area contributed by atoms with Gasteiger partial charge in [0, 0.05) is 19.6 Å². The number of aliphatic imine (C=N–C) groups is 2. The largest absolute Gasteiger partial charge is 0.370 e. The second kappa shape index (κ2) is 17.0. The summed E-state index contributed by atoms with van der Waals surface area (Å²) in [6.07, 6.45) is 4.13. The second-order valence-corrected chi connectivity index (χ2v) is 9.39. The van der Waals surface area contributed by atoms with Crippen molar-refractivity contribution in [2.75, 3.05) is 19.6 Å². The minimum absolute atomic E-state index is 0.107. The first kappa shape index (κ1) is 32.4. The van der Waals surface area contributed by atoms with Gasteiger partial charge in [-0.25, -0.2) is 4.79 Å². The molecule has 4 amide bonds. The van der Waals surface area contributed by atoms with Gasteiger partial charge >= 0.3 is 6.03 Å². The van der Waals surface area contributed by atoms with E-state index < -0.39 is 36.0 Å². The van der Waals surface area contributed by atoms with Gasteiger partial charge in [0.05, 0.1) is 24.4 Å². The maximum atomic E-state index is 13.4. The number of nitrogens with two attached hydrogens (primary N) is 4. The van der Waals surface area contributed by atoms with Crippen LogP contribution < -0.4 is 44.2 Å². The molecule has 1 aromatic rings. The predicted octanol–water partition coefficient (Wildman–Crippen LogP) is -3.68. The monoisotopic (exact) mass is 577 g/mol. The lowest BCUT2D eigenvalue weighted by atomic mass is 10.1. The van der Waals surface area contributed by atoms with Crippen LogP contribution in [0.15, 0.2) is 16.2 Å². The lowest BCUT2D eigenvalue weighted by Crippen LogP contribution is -2.55. The Bertz CT molecular complexity index is 1110. The zero-order valence-electron chi connectivity index (χ0n) is 22.8. The summed E-state index contributed by atoms with van der Waals surface area (Å²) in [4.78, 5) is 71.1. The number of hydrogen-bond acceptors (Lipinski definition) is 9. The fourth-order valence-electron chi connectivity index (χ4n) is 3.91. The lowest BCUT2D eigenvalue weighted by Gasteiger charge is -2.24. The van der Waals surface area contributed by atoms with Gasteiger partial charge in [-0.3, -0.25) is 24.4 Å². The van der Waals surface area contributed by atoms with E-state index in [2.05, 4.69) is 41.6 Å². The first-order valence-electron chi connectivity index (χ1n) is 13.2. The maximum Gasteiger partial charge on any atom is 0.344 e. The maximum absolute atomic E-state index is 13.4. The molecular formula is C23H39N13O5. The fraction of sp³-hybridized carbons (Fsp3) is 0.609. The molecule has 0 aromatic carbocycles. The molecule has 0 saturated heterocycles. The summed E-state index contributed by atoms with van der Waals surface area (Å²) in [5.74, 6) is -1.81. The van der Waals surface area contributed by atoms with Crippen LogP contribution in [-0.2, 0) is 25.6 Å². The van der Waals surface area contributed by atoms with Gasteiger partial charge < -0.3 is 49.0 Å². The number of carbonyl (C=O) groups excluding carboxylic acids is 5. The lowest BCUT2D eigenvalue weighted by molar-refractivity contribution is -0.131. The molecule has 41 heavy (non-hydrogen) atoms. The van der Waals surface area contributed by atoms with E-state index in [0.717, 1.165) is 4.68 Å². The number of hydrogen-bond donors (Lipinski definition) is 8. The van der Waals surface area contributed by atoms with E-state index in [1.165, 1.54) is 6.20 Å². The van der Waals surface area contributed by atoms with Gasteiger partial charge in [0.15, 0.2) is 11.9 Å². The van der Waals surface area contributed by atoms with Gasteiger partial charge in [0.25, 0.3) is 0 Å². The molecule has 226 valence electrons. The second-order valence-electron chi connectivity index (χ2n) is 9.39. The molecule has 3 atom stereocenters. The van der Waals surface area contributed by atoms with Crippen LogP contribution in [0.2, 0.25) is 0 Å². The number of nitrogens with zero attached hydrogens (tertiary/aromatic N) is 5. The molecule has 0 fully saturated rings. The Labute approximate surface area is 236 Å². The third-order valence-electron chi connectivity index (χ3n) is 5.98. The van der Waals surface area contributed by atoms with Crippen LogP contribution in [0.1, 0.15) is 50.6 Å². The number of amides is 4. The van der Waals surface area contributed by atoms with Crippen molar-refractivity contribution in [3.05, 3.63) is 11.9 Å². The Balaban J connectivity index is 2.30. The summed E-state index contributed by atoms with van der Waals surface area (Å²) in [5, 5.41) is 18.2. The van der Waals surface area contributed by atoms with Crippen molar-refractivity contribution in [3.63, 3.8) is 0 Å². The van der Waals surface area contributed by atoms with Gasteiger partial charge in [-0.15, -0.1) is 5.10 Å². The normalized spacial score (nSPS) is 21.0. The van der Waals surface area contributed by atoms with Gasteiger partial charge in [-0.1, -0.05) is 5.21 Å². The smallest absolute Gasteiger partial charge is 0.344 e. The Morgan fingerprint density at radius 2 is 1.54 bits per heavy atom. The van der Waals surface area contributed by atoms with Crippen LogP contribution >= 0.6 is 0 Å². The summed E-state index contributed by atoms with van der Waals surface area (Å²) in [5.41, 5.74) is 21.7. The van der Waals surface area contributed by atoms with Gasteiger partial charge in [-0.05, 0) is 44.9 Å². The van der Waals surface area contributed by atoms with E-state index >= 15 is 0 Å². The van der Waals surface area contributed by atoms with Gasteiger partial charge in [-0.2, -0.15) is 4.68 Å². The van der Waals surface area contributed by atoms with Crippen molar-refractivity contribution < 1.29 is 24.0 Å². The summed E-state index contributed by atoms with van der Waals surface area (Å²) in [6, 6.07) is -3.76. The van der Waals surface area contributed by atoms with E-state index in [-0.39, 0.29) is 55.9 Å². The highest BCUT2D eigenvalue weighted by atomic mass is 16.2. The van der Waals surface area contributed by atoms with Crippen LogP contribution in [0.4, 0.5) is 4.79 Å². The summed E-state index contributed by atoms with van der Waals surface area (Å²) >= 11 is 0. The third-order valence-corrected chi connectivity index (χ3v) is 5.98. The average molecular weight is 578 g/mol. The fourth-order valence-corrected chi connectivity index (χ4v) is 3.91. The Hall–Kier alpha value is -4.77. The van der Waals surface area contributed by atoms with E-state index in [1.54, 1.807) is 0 Å². The van der Waals surface area contributed by atoms with E-state index in [9.17, 15) is 24.0 Å². The van der Waals surface area contributed by atoms with Crippen LogP contribution in [0.25, 0.3) is 0 Å². The highest BCUT2D eigenvalue weighted by Crippen LogP contribution is 2.07. The number of aromatic nitrogens is 3. The Morgan fingerprint density at radius 1 is 0.927 bits per heavy atom. The predicted molar refractivity (Wildman–Crippen MR) is 148 cm³/mol. The standard InChI is InChI=1S/C23H39N13O5/c24-21(25)29-9-3-6-16-19(39)31-14(13-37)5-1-2-8-28-18(38)11-15-12-36(35-34-15)23(41)33-17(20(40)32-16)7-4-10-30-22(26)27/h12-14,16-17H,1-11H2,(H,28,38)(H,31,39)(H,32,40)(H,33,41)(H4,24,25,29)(H4,26,27,30)/t14-,16-,17-/m0/s1. The first-order valence-corrected chi connectivity index (χ1v) is 13.2. The summed E-state index contributed by atoms with van der Waals surface area (Å²) < 4.78 is 0.876. The number of rotatable bonds is 9. The zero-order valence-corrected chi connectivity index (χ0v) is 22.8. The number of nitrogens with one attached hydrogen (secondary N) is 4. The first-order chi connectivity index (χ1) is 19.6. The summed E-state index contributed by atoms with van der Waals surface area (Å²) in [7, 11) is 0. The molecule has 2 heterocycles. The highest BCUT2D eigenvalue weighted by Gasteiger charge is 2.28. The molecule has 18 heteroatoms. The van der Waals surface area contributed by atoms with Crippen molar-refractivity contribution in [1.29, 1.82) is 0 Å². The summed E-state index contributed by atoms with van der Waals surface area (Å²) in [6.45, 7) is 0.740. The van der Waals surface area contributed by atoms with Crippen molar-refractivity contribution >= 4 is 42.0 Å². The molecule has 0 spiro atoms. The minimum atomic E-state index is -1.12. The molecule has 18 nitrogen and oxygen atoms in total. The van der Waals surface area contributed by atoms with E-state index in [4.69, 9.17) is 22.9 Å². The number of guanidine groups is 2. The molecule has 2 rings (SSSR count). The Kier molecular flexibility index (Phi) is 13.5. The SMILES string of the molecule is NC(N)=NCCC[C@@H]1NC(=O)[C@H](CCCN=C(N)N)NC(=O)n2cc(nn2)CC(=O)NCCCC[C@@H](C=O)NC1=O. The quantitative estimate of drug-likeness (QED) is 0.0611. The zero-order chi connectivity index (χ0) is 30.2. The van der Waals surface area contributed by atoms with E-state index in [0.29, 0.717) is 44.9 Å². The number of fused-ring (bicyclic) bond motifs is 2. The van der Waals surface area contributed by atoms with Crippen LogP contribution in [-0.4, -0.2) is 94.7 Å². The van der Waals surface area contributed by atoms with Crippen molar-refractivity contribution in [1.82, 2.24) is 36.3 Å². The molecule has 12 N–H and O–H groups in total. The van der Waals surface area contributed by atoms with Crippen LogP contribution in [0, 0.1) is 0 Å². The van der Waals surface area contributed by atoms with Gasteiger partial charge in [0.1, 0.15) is 18.4 Å². The van der Waals surface area contributed by atoms with Crippen LogP contribution in [0.3, 0.4) is 0 Å². The number of aldehydes is 1. The molecule has 2 bridgehead atoms. The van der Waals surface area contributed by atoms with Crippen LogP contribution in [0.5, 0.6) is 0 Å². The minimum Gasteiger partial charge on any atom is -0.370 e. The van der Waals surface area contributed by atoms with Crippen molar-refractivity contribution in [2.45, 2.75) is 69.5 Å². The van der Waals surface area contributed by atoms with Crippen molar-refractivity contribution in [2.24, 2.45) is 32.9 Å². The molecular weight excluding hydrogens is 538 g/mol. The molecule has 0 unspecified atom stereocenters. The topological polar surface area (TPSA) is 293 Å². The molecule has 0 saturated carbocycles. The third kappa shape index (κ3) is 12.3. The molecule has 1 aliphatic rings. The molecule has 0 aliphatic carbocycles. The number of carbonyl (C=O) groups is 5. The highest BCUT2D eigenvalue weighted by molar-refractivity contribution is 5.92. The Morgan fingerprint density at radius 3 is 2.15 bits per heavy atom. The molecule has 1 aromatic heterocycles. The average Bonchev–Trinajstić information content (AvgIpc) is 3.38. The van der Waals surface area contributed by atoms with Crippen molar-refractivity contribution in [3.8, 4) is 0 Å². The molecule has 0 radical (unpaired) electrons. The van der Waals surface area contributed by atoms with E-state index in [1.807, 2.05) is 0 Å².